The number of aliphatic hydroxyl groups is 1. The van der Waals surface area contributed by atoms with Gasteiger partial charge >= 0.3 is 5.97 Å². The molecule has 0 aromatic heterocycles. The molecule has 0 saturated carbocycles. The van der Waals surface area contributed by atoms with Gasteiger partial charge in [-0.3, -0.25) is 52.7 Å². The van der Waals surface area contributed by atoms with E-state index in [-0.39, 0.29) is 38.0 Å². The van der Waals surface area contributed by atoms with E-state index < -0.39 is 152 Å². The van der Waals surface area contributed by atoms with Crippen LogP contribution in [-0.4, -0.2) is 159 Å². The van der Waals surface area contributed by atoms with Crippen molar-refractivity contribution < 1.29 is 72.9 Å². The Morgan fingerprint density at radius 3 is 1.75 bits per heavy atom. The first-order chi connectivity index (χ1) is 31.5. The highest BCUT2D eigenvalue weighted by Gasteiger charge is 2.39. The molecule has 11 amide bonds. The summed E-state index contributed by atoms with van der Waals surface area (Å²) in [6.07, 6.45) is -2.85. The Labute approximate surface area is 379 Å². The zero-order valence-electron chi connectivity index (χ0n) is 35.6. The molecule has 0 radical (unpaired) electrons. The molecule has 1 aliphatic heterocycles. The van der Waals surface area contributed by atoms with Crippen LogP contribution < -0.4 is 60.6 Å². The molecule has 1 aromatic carbocycles. The SMILES string of the molecule is [N-]=[N+]=N[C@H](CNC(=O)[C@H](CO)NC(=O)[C@@H](CC(N)=O)NC(=O)[C@@H]1CCCN1C(=O)[C@@H](N)CCC(N)=O)C(=O)N[C@@H](CC(N)=O)C(=O)N[C@H](Cc1ccc(O)cc1)C(=O)N[C@H](CC(N)=O)C(=O)O. The van der Waals surface area contributed by atoms with Crippen LogP contribution in [0.25, 0.3) is 10.4 Å². The van der Waals surface area contributed by atoms with E-state index in [0.717, 1.165) is 4.90 Å². The second-order valence-electron chi connectivity index (χ2n) is 15.0. The zero-order valence-corrected chi connectivity index (χ0v) is 35.6. The van der Waals surface area contributed by atoms with Crippen LogP contribution in [0.4, 0.5) is 0 Å². The molecule has 1 heterocycles. The third kappa shape index (κ3) is 18.5. The van der Waals surface area contributed by atoms with Gasteiger partial charge in [-0.15, -0.1) is 0 Å². The van der Waals surface area contributed by atoms with Crippen molar-refractivity contribution in [2.45, 2.75) is 99.7 Å². The molecule has 1 aliphatic rings. The van der Waals surface area contributed by atoms with Crippen LogP contribution in [0.5, 0.6) is 5.75 Å². The van der Waals surface area contributed by atoms with E-state index in [1.165, 1.54) is 24.3 Å². The normalized spacial score (nSPS) is 16.1. The first kappa shape index (κ1) is 55.0. The molecule has 0 bridgehead atoms. The number of hydrogen-bond donors (Lipinski definition) is 14. The summed E-state index contributed by atoms with van der Waals surface area (Å²) in [7, 11) is 0. The maximum atomic E-state index is 13.6. The quantitative estimate of drug-likeness (QED) is 0.0211. The molecule has 1 aromatic rings. The lowest BCUT2D eigenvalue weighted by Gasteiger charge is -2.28. The van der Waals surface area contributed by atoms with E-state index in [9.17, 15) is 78.4 Å². The average Bonchev–Trinajstić information content (AvgIpc) is 3.75. The summed E-state index contributed by atoms with van der Waals surface area (Å²) in [5.74, 6) is -13.7. The van der Waals surface area contributed by atoms with Crippen LogP contribution >= 0.6 is 0 Å². The molecule has 67 heavy (non-hydrogen) atoms. The molecular formula is C37H53N15O15. The predicted octanol–water partition coefficient (Wildman–Crippen LogP) is -7.56. The van der Waals surface area contributed by atoms with Gasteiger partial charge in [-0.25, -0.2) is 4.79 Å². The van der Waals surface area contributed by atoms with Gasteiger partial charge in [0.05, 0.1) is 31.9 Å². The van der Waals surface area contributed by atoms with Crippen LogP contribution in [0, 0.1) is 0 Å². The Kier molecular flexibility index (Phi) is 21.9. The summed E-state index contributed by atoms with van der Waals surface area (Å²) in [6.45, 7) is -1.94. The number of nitrogens with one attached hydrogen (secondary N) is 6. The Morgan fingerprint density at radius 1 is 0.716 bits per heavy atom. The smallest absolute Gasteiger partial charge is 0.326 e. The molecule has 0 spiro atoms. The van der Waals surface area contributed by atoms with E-state index in [1.807, 2.05) is 0 Å². The van der Waals surface area contributed by atoms with Crippen LogP contribution in [0.1, 0.15) is 50.5 Å². The largest absolute Gasteiger partial charge is 0.508 e. The number of amides is 11. The fraction of sp³-hybridized carbons (Fsp3) is 0.514. The average molecular weight is 948 g/mol. The molecule has 30 nitrogen and oxygen atoms in total. The first-order valence-electron chi connectivity index (χ1n) is 20.1. The van der Waals surface area contributed by atoms with Crippen LogP contribution in [0.3, 0.4) is 0 Å². The van der Waals surface area contributed by atoms with Gasteiger partial charge < -0.3 is 80.8 Å². The maximum absolute atomic E-state index is 13.6. The molecule has 0 unspecified atom stereocenters. The number of carboxylic acid groups (broad SMARTS) is 1. The summed E-state index contributed by atoms with van der Waals surface area (Å²) in [5.41, 5.74) is 36.2. The number of aromatic hydroxyl groups is 1. The third-order valence-corrected chi connectivity index (χ3v) is 9.74. The van der Waals surface area contributed by atoms with Crippen LogP contribution in [0.15, 0.2) is 29.4 Å². The number of carboxylic acids is 1. The Bertz CT molecular complexity index is 2100. The number of primary amides is 4. The number of likely N-dealkylation sites (tertiary alicyclic amines) is 1. The fourth-order valence-corrected chi connectivity index (χ4v) is 6.35. The Morgan fingerprint density at radius 2 is 1.22 bits per heavy atom. The molecule has 30 heteroatoms. The number of aliphatic carboxylic acids is 1. The zero-order chi connectivity index (χ0) is 50.5. The van der Waals surface area contributed by atoms with Gasteiger partial charge in [-0.1, -0.05) is 17.2 Å². The number of nitrogens with zero attached hydrogens (tertiary/aromatic N) is 4. The summed E-state index contributed by atoms with van der Waals surface area (Å²) >= 11 is 0. The van der Waals surface area contributed by atoms with Crippen molar-refractivity contribution in [1.29, 1.82) is 0 Å². The topological polar surface area (TPSA) is 520 Å². The molecule has 19 N–H and O–H groups in total. The Hall–Kier alpha value is -8.11. The second kappa shape index (κ2) is 26.6. The Balaban J connectivity index is 2.22. The number of rotatable bonds is 28. The lowest BCUT2D eigenvalue weighted by molar-refractivity contribution is -0.143. The monoisotopic (exact) mass is 947 g/mol. The van der Waals surface area contributed by atoms with E-state index in [1.54, 1.807) is 0 Å². The minimum Gasteiger partial charge on any atom is -0.508 e. The highest BCUT2D eigenvalue weighted by atomic mass is 16.4. The highest BCUT2D eigenvalue weighted by Crippen LogP contribution is 2.20. The van der Waals surface area contributed by atoms with Crippen molar-refractivity contribution in [3.8, 4) is 5.75 Å². The summed E-state index contributed by atoms with van der Waals surface area (Å²) in [6, 6.07) is -8.22. The van der Waals surface area contributed by atoms with Crippen molar-refractivity contribution in [3.05, 3.63) is 40.3 Å². The molecule has 1 saturated heterocycles. The van der Waals surface area contributed by atoms with E-state index in [4.69, 9.17) is 28.7 Å². The van der Waals surface area contributed by atoms with Gasteiger partial charge in [0, 0.05) is 30.8 Å². The van der Waals surface area contributed by atoms with Crippen molar-refractivity contribution in [1.82, 2.24) is 36.8 Å². The maximum Gasteiger partial charge on any atom is 0.326 e. The van der Waals surface area contributed by atoms with Crippen molar-refractivity contribution in [2.24, 2.45) is 33.8 Å². The van der Waals surface area contributed by atoms with E-state index >= 15 is 0 Å². The van der Waals surface area contributed by atoms with Gasteiger partial charge in [-0.05, 0) is 42.5 Å². The number of carbonyl (C=O) groups is 12. The summed E-state index contributed by atoms with van der Waals surface area (Å²) < 4.78 is 0. The predicted molar refractivity (Wildman–Crippen MR) is 225 cm³/mol. The van der Waals surface area contributed by atoms with Crippen LogP contribution in [-0.2, 0) is 64.0 Å². The molecule has 1 fully saturated rings. The first-order valence-corrected chi connectivity index (χ1v) is 20.1. The van der Waals surface area contributed by atoms with Gasteiger partial charge in [0.25, 0.3) is 0 Å². The lowest BCUT2D eigenvalue weighted by atomic mass is 10.0. The summed E-state index contributed by atoms with van der Waals surface area (Å²) in [4.78, 5) is 155. The van der Waals surface area contributed by atoms with Gasteiger partial charge in [0.1, 0.15) is 48.0 Å². The standard InChI is InChI=1S/C37H53N15O15/c38-18(7-8-26(39)55)36(65)52-9-1-2-25(52)35(64)47-21(12-28(41)57)33(62)49-24(15-53)30(59)44-14-23(50-51-43)34(63)46-20(11-27(40)56)32(61)45-19(10-16-3-5-17(54)6-4-16)31(60)48-22(37(66)67)13-29(42)58/h3-6,18-25,53-54H,1-2,7-15,38H2,(H2,39,55)(H2,40,56)(H2,41,57)(H2,42,58)(H,44,59)(H,45,61)(H,46,63)(H,47,64)(H,48,60)(H,49,62)(H,66,67)/t18-,19+,20-,21+,22+,23+,24-,25-/m0/s1. The molecule has 8 atom stereocenters. The van der Waals surface area contributed by atoms with E-state index in [0.29, 0.717) is 12.0 Å². The number of hydrogen-bond acceptors (Lipinski definition) is 16. The van der Waals surface area contributed by atoms with Crippen molar-refractivity contribution in [3.63, 3.8) is 0 Å². The minimum absolute atomic E-state index is 0.0904. The number of carbonyl (C=O) groups excluding carboxylic acids is 11. The number of aliphatic hydroxyl groups excluding tert-OH is 1. The fourth-order valence-electron chi connectivity index (χ4n) is 6.35. The number of nitrogens with two attached hydrogens (primary N) is 5. The number of phenols is 1. The van der Waals surface area contributed by atoms with Crippen molar-refractivity contribution in [2.75, 3.05) is 19.7 Å². The number of benzene rings is 1. The molecule has 366 valence electrons. The number of phenolic OH excluding ortho intramolecular Hbond substituents is 1. The molecular weight excluding hydrogens is 894 g/mol. The highest BCUT2D eigenvalue weighted by molar-refractivity contribution is 5.99. The minimum atomic E-state index is -1.93. The van der Waals surface area contributed by atoms with Gasteiger partial charge in [0.15, 0.2) is 0 Å². The summed E-state index contributed by atoms with van der Waals surface area (Å²) in [5, 5.41) is 45.3. The number of azide groups is 1. The van der Waals surface area contributed by atoms with Gasteiger partial charge in [0.2, 0.25) is 65.0 Å². The van der Waals surface area contributed by atoms with Gasteiger partial charge in [-0.2, -0.15) is 0 Å². The van der Waals surface area contributed by atoms with E-state index in [2.05, 4.69) is 41.9 Å². The second-order valence-corrected chi connectivity index (χ2v) is 15.0. The third-order valence-electron chi connectivity index (χ3n) is 9.74. The molecule has 2 rings (SSSR count). The van der Waals surface area contributed by atoms with Crippen LogP contribution in [0.2, 0.25) is 0 Å². The molecule has 0 aliphatic carbocycles. The van der Waals surface area contributed by atoms with Crippen molar-refractivity contribution >= 4 is 70.9 Å². The lowest BCUT2D eigenvalue weighted by Crippen LogP contribution is -2.59.